The minimum atomic E-state index is -1.21. The van der Waals surface area contributed by atoms with Crippen LogP contribution in [0.4, 0.5) is 0 Å². The van der Waals surface area contributed by atoms with Gasteiger partial charge in [0.15, 0.2) is 5.69 Å². The van der Waals surface area contributed by atoms with Crippen molar-refractivity contribution in [2.75, 3.05) is 6.61 Å². The van der Waals surface area contributed by atoms with Gasteiger partial charge in [-0.15, -0.1) is 0 Å². The second kappa shape index (κ2) is 10.5. The van der Waals surface area contributed by atoms with Crippen molar-refractivity contribution in [1.29, 1.82) is 5.26 Å². The summed E-state index contributed by atoms with van der Waals surface area (Å²) in [7, 11) is 0. The maximum atomic E-state index is 13.9. The van der Waals surface area contributed by atoms with Crippen molar-refractivity contribution in [3.8, 4) is 6.07 Å². The standard InChI is InChI=1S/C29H35N5O4/c30-16-25(32-38-17-27(35)36)28-29(37)34(26-10-2-1-9-24(26)31-28)23-14-20-7-4-8-21(15-23)33(20)22-12-18-5-3-6-19(11-18)13-22/h1-2,9-10,18-23H,3-8,11-15,17H2,(H,35,36)/t18?,19?,20-,21+,22?,23?. The first-order chi connectivity index (χ1) is 18.5. The number of carbonyl (C=O) groups is 1. The number of carboxylic acids is 1. The van der Waals surface area contributed by atoms with E-state index in [1.165, 1.54) is 44.9 Å². The molecule has 4 aliphatic rings. The van der Waals surface area contributed by atoms with Crippen LogP contribution in [-0.2, 0) is 9.63 Å². The van der Waals surface area contributed by atoms with E-state index in [4.69, 9.17) is 9.94 Å². The molecule has 9 heteroatoms. The Kier molecular flexibility index (Phi) is 6.91. The van der Waals surface area contributed by atoms with E-state index in [0.717, 1.165) is 43.0 Å². The number of oxime groups is 1. The number of fused-ring (bicyclic) bond motifs is 5. The molecule has 2 aliphatic heterocycles. The molecule has 200 valence electrons. The molecule has 1 N–H and O–H groups in total. The van der Waals surface area contributed by atoms with Crippen molar-refractivity contribution in [1.82, 2.24) is 14.5 Å². The van der Waals surface area contributed by atoms with Crippen molar-refractivity contribution in [2.24, 2.45) is 17.0 Å². The van der Waals surface area contributed by atoms with Gasteiger partial charge < -0.3 is 14.5 Å². The highest BCUT2D eigenvalue weighted by atomic mass is 16.6. The zero-order valence-corrected chi connectivity index (χ0v) is 21.7. The number of rotatable bonds is 6. The van der Waals surface area contributed by atoms with Crippen molar-refractivity contribution in [2.45, 2.75) is 94.8 Å². The fraction of sp³-hybridized carbons (Fsp3) is 0.621. The molecule has 3 heterocycles. The first kappa shape index (κ1) is 25.1. The number of hydrogen-bond acceptors (Lipinski definition) is 7. The zero-order valence-electron chi connectivity index (χ0n) is 21.7. The Balaban J connectivity index is 1.34. The quantitative estimate of drug-likeness (QED) is 0.449. The van der Waals surface area contributed by atoms with Crippen LogP contribution in [0.2, 0.25) is 0 Å². The van der Waals surface area contributed by atoms with Crippen molar-refractivity contribution in [3.63, 3.8) is 0 Å². The van der Waals surface area contributed by atoms with Gasteiger partial charge in [0.1, 0.15) is 6.07 Å². The lowest BCUT2D eigenvalue weighted by molar-refractivity contribution is -0.142. The Morgan fingerprint density at radius 2 is 1.68 bits per heavy atom. The lowest BCUT2D eigenvalue weighted by Crippen LogP contribution is -2.58. The summed E-state index contributed by atoms with van der Waals surface area (Å²) in [6.45, 7) is -0.697. The Labute approximate surface area is 222 Å². The number of aliphatic carboxylic acids is 1. The Morgan fingerprint density at radius 1 is 1.00 bits per heavy atom. The van der Waals surface area contributed by atoms with E-state index in [9.17, 15) is 14.9 Å². The highest BCUT2D eigenvalue weighted by molar-refractivity contribution is 6.10. The molecule has 4 fully saturated rings. The van der Waals surface area contributed by atoms with Gasteiger partial charge in [-0.3, -0.25) is 9.69 Å². The molecule has 2 aliphatic carbocycles. The molecule has 6 rings (SSSR count). The van der Waals surface area contributed by atoms with Crippen molar-refractivity contribution in [3.05, 3.63) is 40.3 Å². The van der Waals surface area contributed by atoms with Crippen LogP contribution in [0, 0.1) is 23.2 Å². The van der Waals surface area contributed by atoms with Crippen LogP contribution in [0.25, 0.3) is 11.0 Å². The Bertz CT molecular complexity index is 1320. The molecule has 0 amide bonds. The van der Waals surface area contributed by atoms with Gasteiger partial charge in [0.2, 0.25) is 12.3 Å². The van der Waals surface area contributed by atoms with Crippen LogP contribution in [0.15, 0.2) is 34.2 Å². The SMILES string of the molecule is N#CC(=NOCC(=O)O)c1nc2ccccc2n(C2C[C@H]3CCC[C@@H](C2)N3C2CC3CCCC(C3)C2)c1=O. The smallest absolute Gasteiger partial charge is 0.344 e. The third-order valence-electron chi connectivity index (χ3n) is 9.36. The molecule has 2 aromatic rings. The minimum absolute atomic E-state index is 0.00340. The summed E-state index contributed by atoms with van der Waals surface area (Å²) in [5.41, 5.74) is 0.600. The molecular formula is C29H35N5O4. The molecular weight excluding hydrogens is 482 g/mol. The van der Waals surface area contributed by atoms with Crippen LogP contribution < -0.4 is 5.56 Å². The Hall–Kier alpha value is -3.25. The summed E-state index contributed by atoms with van der Waals surface area (Å²) in [5.74, 6) is 0.550. The fourth-order valence-electron chi connectivity index (χ4n) is 8.08. The molecule has 4 bridgehead atoms. The van der Waals surface area contributed by atoms with E-state index in [0.29, 0.717) is 23.6 Å². The predicted octanol–water partition coefficient (Wildman–Crippen LogP) is 4.25. The average Bonchev–Trinajstić information content (AvgIpc) is 2.90. The minimum Gasteiger partial charge on any atom is -0.479 e. The van der Waals surface area contributed by atoms with Crippen LogP contribution in [0.3, 0.4) is 0 Å². The third kappa shape index (κ3) is 4.71. The van der Waals surface area contributed by atoms with E-state index in [1.54, 1.807) is 0 Å². The summed E-state index contributed by atoms with van der Waals surface area (Å²) < 4.78 is 1.83. The monoisotopic (exact) mass is 517 g/mol. The molecule has 2 saturated heterocycles. The van der Waals surface area contributed by atoms with Gasteiger partial charge in [-0.1, -0.05) is 43.0 Å². The largest absolute Gasteiger partial charge is 0.479 e. The molecule has 1 aromatic carbocycles. The van der Waals surface area contributed by atoms with Gasteiger partial charge in [0, 0.05) is 24.2 Å². The van der Waals surface area contributed by atoms with Crippen LogP contribution in [-0.4, -0.2) is 56.0 Å². The van der Waals surface area contributed by atoms with Crippen LogP contribution in [0.1, 0.15) is 82.4 Å². The summed E-state index contributed by atoms with van der Waals surface area (Å²) in [6.07, 6.45) is 13.6. The van der Waals surface area contributed by atoms with Gasteiger partial charge in [-0.05, 0) is 68.9 Å². The van der Waals surface area contributed by atoms with Crippen LogP contribution in [0.5, 0.6) is 0 Å². The second-order valence-electron chi connectivity index (χ2n) is 11.7. The molecule has 0 radical (unpaired) electrons. The van der Waals surface area contributed by atoms with Gasteiger partial charge in [-0.2, -0.15) is 5.26 Å². The number of carboxylic acid groups (broad SMARTS) is 1. The normalized spacial score (nSPS) is 31.5. The highest BCUT2D eigenvalue weighted by Crippen LogP contribution is 2.47. The molecule has 38 heavy (non-hydrogen) atoms. The maximum absolute atomic E-state index is 13.9. The van der Waals surface area contributed by atoms with Crippen molar-refractivity contribution >= 4 is 22.7 Å². The average molecular weight is 518 g/mol. The van der Waals surface area contributed by atoms with Crippen molar-refractivity contribution < 1.29 is 14.7 Å². The molecule has 5 atom stereocenters. The lowest BCUT2D eigenvalue weighted by Gasteiger charge is -2.55. The van der Waals surface area contributed by atoms with Gasteiger partial charge in [0.25, 0.3) is 5.56 Å². The number of para-hydroxylation sites is 2. The predicted molar refractivity (Wildman–Crippen MR) is 142 cm³/mol. The van der Waals surface area contributed by atoms with Gasteiger partial charge >= 0.3 is 5.97 Å². The number of benzene rings is 1. The first-order valence-corrected chi connectivity index (χ1v) is 14.1. The van der Waals surface area contributed by atoms with Gasteiger partial charge in [0.05, 0.1) is 11.0 Å². The number of nitriles is 1. The topological polar surface area (TPSA) is 121 Å². The molecule has 0 spiro atoms. The number of hydrogen-bond donors (Lipinski definition) is 1. The van der Waals surface area contributed by atoms with E-state index in [1.807, 2.05) is 34.9 Å². The highest BCUT2D eigenvalue weighted by Gasteiger charge is 2.45. The summed E-state index contributed by atoms with van der Waals surface area (Å²) in [4.78, 5) is 36.9. The maximum Gasteiger partial charge on any atom is 0.344 e. The first-order valence-electron chi connectivity index (χ1n) is 14.1. The third-order valence-corrected chi connectivity index (χ3v) is 9.36. The number of piperidine rings is 2. The number of aromatic nitrogens is 2. The zero-order chi connectivity index (χ0) is 26.2. The summed E-state index contributed by atoms with van der Waals surface area (Å²) in [6, 6.07) is 11.0. The molecule has 9 nitrogen and oxygen atoms in total. The molecule has 1 aromatic heterocycles. The fourth-order valence-corrected chi connectivity index (χ4v) is 8.08. The van der Waals surface area contributed by atoms with E-state index in [2.05, 4.69) is 15.0 Å². The second-order valence-corrected chi connectivity index (χ2v) is 11.7. The van der Waals surface area contributed by atoms with Gasteiger partial charge in [-0.25, -0.2) is 9.78 Å². The molecule has 3 unspecified atom stereocenters. The summed E-state index contributed by atoms with van der Waals surface area (Å²) >= 11 is 0. The Morgan fingerprint density at radius 3 is 2.37 bits per heavy atom. The van der Waals surface area contributed by atoms with E-state index >= 15 is 0 Å². The lowest BCUT2D eigenvalue weighted by atomic mass is 9.68. The number of nitrogens with zero attached hydrogens (tertiary/aromatic N) is 5. The molecule has 2 saturated carbocycles. The van der Waals surface area contributed by atoms with Crippen LogP contribution >= 0.6 is 0 Å². The van der Waals surface area contributed by atoms with E-state index in [-0.39, 0.29) is 23.0 Å². The van der Waals surface area contributed by atoms with E-state index < -0.39 is 12.6 Å². The summed E-state index contributed by atoms with van der Waals surface area (Å²) in [5, 5.41) is 22.2.